The van der Waals surface area contributed by atoms with Gasteiger partial charge in [0.2, 0.25) is 5.78 Å². The Hall–Kier alpha value is -2.16. The molecule has 0 aliphatic carbocycles. The summed E-state index contributed by atoms with van der Waals surface area (Å²) in [6, 6.07) is 3.07. The van der Waals surface area contributed by atoms with E-state index in [1.165, 1.54) is 5.32 Å². The highest BCUT2D eigenvalue weighted by Crippen LogP contribution is 2.24. The molecule has 108 valence electrons. The van der Waals surface area contributed by atoms with Crippen LogP contribution >= 0.6 is 11.6 Å². The lowest BCUT2D eigenvalue weighted by Crippen LogP contribution is -2.31. The van der Waals surface area contributed by atoms with Crippen LogP contribution in [0.25, 0.3) is 0 Å². The molecule has 0 aliphatic heterocycles. The average Bonchev–Trinajstić information content (AvgIpc) is 2.26. The van der Waals surface area contributed by atoms with E-state index in [1.54, 1.807) is 0 Å². The molecule has 0 radical (unpaired) electrons. The lowest BCUT2D eigenvalue weighted by atomic mass is 10.1. The number of benzene rings is 1. The van der Waals surface area contributed by atoms with Gasteiger partial charge >= 0.3 is 12.1 Å². The van der Waals surface area contributed by atoms with Crippen LogP contribution in [0.5, 0.6) is 0 Å². The fraction of sp³-hybridized carbons (Fsp3) is 0.200. The number of ketones is 1. The van der Waals surface area contributed by atoms with Crippen LogP contribution in [-0.4, -0.2) is 29.3 Å². The van der Waals surface area contributed by atoms with Crippen molar-refractivity contribution in [2.24, 2.45) is 0 Å². The summed E-state index contributed by atoms with van der Waals surface area (Å²) in [5.41, 5.74) is -0.963. The number of carbonyl (C=O) groups excluding carboxylic acids is 2. The Morgan fingerprint density at radius 1 is 1.35 bits per heavy atom. The van der Waals surface area contributed by atoms with Crippen molar-refractivity contribution in [1.82, 2.24) is 0 Å². The van der Waals surface area contributed by atoms with Crippen LogP contribution in [-0.2, 0) is 4.79 Å². The Kier molecular flexibility index (Phi) is 4.66. The van der Waals surface area contributed by atoms with Crippen molar-refractivity contribution in [2.75, 3.05) is 11.9 Å². The van der Waals surface area contributed by atoms with Crippen LogP contribution < -0.4 is 5.32 Å². The zero-order valence-electron chi connectivity index (χ0n) is 9.53. The van der Waals surface area contributed by atoms with Crippen molar-refractivity contribution in [3.8, 4) is 0 Å². The maximum atomic E-state index is 12.1. The minimum atomic E-state index is -5.16. The topological polar surface area (TPSA) is 89.3 Å². The molecule has 1 N–H and O–H groups in total. The van der Waals surface area contributed by atoms with Gasteiger partial charge in [0.25, 0.3) is 6.54 Å². The molecule has 0 aliphatic rings. The number of carbonyl (C=O) groups is 2. The average molecular weight is 311 g/mol. The summed E-state index contributed by atoms with van der Waals surface area (Å²) in [5.74, 6) is -3.36. The van der Waals surface area contributed by atoms with Crippen molar-refractivity contribution in [3.63, 3.8) is 0 Å². The zero-order chi connectivity index (χ0) is 15.5. The molecule has 0 saturated heterocycles. The lowest BCUT2D eigenvalue weighted by molar-refractivity contribution is -0.465. The molecule has 1 aromatic rings. The fourth-order valence-electron chi connectivity index (χ4n) is 1.26. The minimum Gasteiger partial charge on any atom is -0.318 e. The smallest absolute Gasteiger partial charge is 0.318 e. The summed E-state index contributed by atoms with van der Waals surface area (Å²) < 4.78 is 36.4. The van der Waals surface area contributed by atoms with Gasteiger partial charge in [-0.3, -0.25) is 19.7 Å². The molecule has 0 bridgehead atoms. The van der Waals surface area contributed by atoms with Gasteiger partial charge < -0.3 is 5.32 Å². The van der Waals surface area contributed by atoms with E-state index in [1.807, 2.05) is 0 Å². The van der Waals surface area contributed by atoms with Gasteiger partial charge in [0.05, 0.1) is 5.69 Å². The van der Waals surface area contributed by atoms with Crippen molar-refractivity contribution in [2.45, 2.75) is 6.18 Å². The molecule has 0 heterocycles. The van der Waals surface area contributed by atoms with Crippen molar-refractivity contribution < 1.29 is 27.7 Å². The van der Waals surface area contributed by atoms with Crippen LogP contribution in [0.3, 0.4) is 0 Å². The summed E-state index contributed by atoms with van der Waals surface area (Å²) in [4.78, 5) is 31.6. The Labute approximate surface area is 114 Å². The van der Waals surface area contributed by atoms with E-state index in [2.05, 4.69) is 0 Å². The summed E-state index contributed by atoms with van der Waals surface area (Å²) in [6.45, 7) is -1.11. The van der Waals surface area contributed by atoms with Crippen molar-refractivity contribution >= 4 is 29.0 Å². The van der Waals surface area contributed by atoms with Crippen LogP contribution in [0.2, 0.25) is 5.02 Å². The number of nitrogens with zero attached hydrogens (tertiary/aromatic N) is 1. The Bertz CT molecular complexity index is 574. The first-order chi connectivity index (χ1) is 9.11. The summed E-state index contributed by atoms with van der Waals surface area (Å²) in [6.07, 6.45) is -5.16. The van der Waals surface area contributed by atoms with Crippen LogP contribution in [0, 0.1) is 10.1 Å². The van der Waals surface area contributed by atoms with E-state index in [0.29, 0.717) is 0 Å². The quantitative estimate of drug-likeness (QED) is 0.525. The molecule has 20 heavy (non-hydrogen) atoms. The molecule has 1 rings (SSSR count). The molecule has 0 atom stereocenters. The molecule has 6 nitrogen and oxygen atoms in total. The van der Waals surface area contributed by atoms with Gasteiger partial charge in [0.15, 0.2) is 0 Å². The van der Waals surface area contributed by atoms with Crippen molar-refractivity contribution in [3.05, 3.63) is 38.9 Å². The fourth-order valence-corrected chi connectivity index (χ4v) is 1.43. The van der Waals surface area contributed by atoms with Gasteiger partial charge in [-0.15, -0.1) is 0 Å². The van der Waals surface area contributed by atoms with Gasteiger partial charge in [-0.2, -0.15) is 13.2 Å². The van der Waals surface area contributed by atoms with E-state index < -0.39 is 40.6 Å². The molecular weight excluding hydrogens is 305 g/mol. The maximum Gasteiger partial charge on any atom is 0.471 e. The van der Waals surface area contributed by atoms with Gasteiger partial charge in [-0.1, -0.05) is 11.6 Å². The highest BCUT2D eigenvalue weighted by molar-refractivity contribution is 6.31. The molecular formula is C10H6ClF3N2O4. The van der Waals surface area contributed by atoms with E-state index >= 15 is 0 Å². The standard InChI is InChI=1S/C10H6ClF3N2O4/c11-5-1-2-6(8(17)4-16(19)20)7(3-5)15-9(18)10(12,13)14/h1-3H,4H2,(H,15,18). The second-order valence-corrected chi connectivity index (χ2v) is 3.99. The Morgan fingerprint density at radius 2 is 1.95 bits per heavy atom. The number of nitro groups is 1. The number of anilines is 1. The highest BCUT2D eigenvalue weighted by Gasteiger charge is 2.39. The molecule has 10 heteroatoms. The van der Waals surface area contributed by atoms with E-state index in [-0.39, 0.29) is 5.02 Å². The number of halogens is 4. The monoisotopic (exact) mass is 310 g/mol. The largest absolute Gasteiger partial charge is 0.471 e. The summed E-state index contributed by atoms with van der Waals surface area (Å²) in [7, 11) is 0. The van der Waals surface area contributed by atoms with E-state index in [0.717, 1.165) is 18.2 Å². The second kappa shape index (κ2) is 5.87. The molecule has 0 unspecified atom stereocenters. The molecule has 1 aromatic carbocycles. The van der Waals surface area contributed by atoms with Crippen LogP contribution in [0.1, 0.15) is 10.4 Å². The predicted molar refractivity (Wildman–Crippen MR) is 62.3 cm³/mol. The first-order valence-electron chi connectivity index (χ1n) is 4.94. The third-order valence-electron chi connectivity index (χ3n) is 2.06. The molecule has 0 fully saturated rings. The normalized spacial score (nSPS) is 11.0. The molecule has 0 spiro atoms. The van der Waals surface area contributed by atoms with E-state index in [9.17, 15) is 32.9 Å². The summed E-state index contributed by atoms with van der Waals surface area (Å²) >= 11 is 5.55. The van der Waals surface area contributed by atoms with Gasteiger partial charge in [-0.25, -0.2) is 0 Å². The van der Waals surface area contributed by atoms with E-state index in [4.69, 9.17) is 11.6 Å². The lowest BCUT2D eigenvalue weighted by Gasteiger charge is -2.11. The Morgan fingerprint density at radius 3 is 2.45 bits per heavy atom. The maximum absolute atomic E-state index is 12.1. The highest BCUT2D eigenvalue weighted by atomic mass is 35.5. The Balaban J connectivity index is 3.11. The number of rotatable bonds is 4. The first-order valence-corrected chi connectivity index (χ1v) is 5.32. The van der Waals surface area contributed by atoms with Gasteiger partial charge in [-0.05, 0) is 18.2 Å². The third-order valence-corrected chi connectivity index (χ3v) is 2.30. The third kappa shape index (κ3) is 4.19. The number of Topliss-reactive ketones (excluding diaryl/α,β-unsaturated/α-hetero) is 1. The minimum absolute atomic E-state index is 0.0415. The van der Waals surface area contributed by atoms with Crippen molar-refractivity contribution in [1.29, 1.82) is 0 Å². The summed E-state index contributed by atoms with van der Waals surface area (Å²) in [5, 5.41) is 11.6. The number of amides is 1. The number of alkyl halides is 3. The molecule has 1 amide bonds. The zero-order valence-corrected chi connectivity index (χ0v) is 10.3. The van der Waals surface area contributed by atoms with Gasteiger partial charge in [0.1, 0.15) is 0 Å². The van der Waals surface area contributed by atoms with Crippen LogP contribution in [0.15, 0.2) is 18.2 Å². The first kappa shape index (κ1) is 15.9. The molecule has 0 saturated carbocycles. The second-order valence-electron chi connectivity index (χ2n) is 3.56. The number of hydrogen-bond donors (Lipinski definition) is 1. The SMILES string of the molecule is O=C(C[N+](=O)[O-])c1ccc(Cl)cc1NC(=O)C(F)(F)F. The number of hydrogen-bond acceptors (Lipinski definition) is 4. The van der Waals surface area contributed by atoms with Crippen LogP contribution in [0.4, 0.5) is 18.9 Å². The predicted octanol–water partition coefficient (Wildman–Crippen LogP) is 2.30. The van der Waals surface area contributed by atoms with Gasteiger partial charge in [0, 0.05) is 15.5 Å². The molecule has 0 aromatic heterocycles. The number of nitrogens with one attached hydrogen (secondary N) is 1.